The number of ether oxygens (including phenoxy) is 2. The third-order valence-electron chi connectivity index (χ3n) is 4.45. The molecule has 0 spiro atoms. The van der Waals surface area contributed by atoms with E-state index < -0.39 is 29.0 Å². The Labute approximate surface area is 196 Å². The molecule has 0 radical (unpaired) electrons. The van der Waals surface area contributed by atoms with Crippen LogP contribution in [-0.4, -0.2) is 45.0 Å². The lowest BCUT2D eigenvalue weighted by molar-refractivity contribution is -0.0614. The van der Waals surface area contributed by atoms with E-state index in [0.29, 0.717) is 28.4 Å². The SMILES string of the molecule is CCCC(NC(=S)C(F)(F)F)N(Cc1ccc2c(c1)NC(=S)C(C)O2)C(=O)OC(C)(C)C. The molecule has 1 amide bonds. The van der Waals surface area contributed by atoms with Gasteiger partial charge in [-0.3, -0.25) is 4.90 Å². The molecule has 11 heteroatoms. The fourth-order valence-electron chi connectivity index (χ4n) is 2.99. The van der Waals surface area contributed by atoms with Crippen LogP contribution in [-0.2, 0) is 11.3 Å². The van der Waals surface area contributed by atoms with Gasteiger partial charge in [-0.15, -0.1) is 0 Å². The maximum absolute atomic E-state index is 13.1. The molecule has 178 valence electrons. The zero-order valence-electron chi connectivity index (χ0n) is 18.6. The second kappa shape index (κ2) is 10.2. The first-order chi connectivity index (χ1) is 14.7. The van der Waals surface area contributed by atoms with E-state index in [1.807, 2.05) is 6.92 Å². The van der Waals surface area contributed by atoms with E-state index in [1.54, 1.807) is 45.9 Å². The molecule has 0 saturated heterocycles. The Morgan fingerprint density at radius 2 is 2.00 bits per heavy atom. The Hall–Kier alpha value is -2.14. The van der Waals surface area contributed by atoms with Gasteiger partial charge in [0, 0.05) is 0 Å². The summed E-state index contributed by atoms with van der Waals surface area (Å²) in [6.07, 6.45) is -5.99. The molecule has 0 saturated carbocycles. The van der Waals surface area contributed by atoms with Gasteiger partial charge in [-0.05, 0) is 51.8 Å². The smallest absolute Gasteiger partial charge is 0.441 e. The molecule has 1 aliphatic heterocycles. The van der Waals surface area contributed by atoms with Crippen LogP contribution in [0.5, 0.6) is 5.75 Å². The van der Waals surface area contributed by atoms with Gasteiger partial charge in [-0.2, -0.15) is 13.2 Å². The second-order valence-electron chi connectivity index (χ2n) is 8.46. The number of benzene rings is 1. The Balaban J connectivity index is 2.35. The van der Waals surface area contributed by atoms with E-state index in [0.717, 1.165) is 0 Å². The van der Waals surface area contributed by atoms with Gasteiger partial charge < -0.3 is 20.1 Å². The Kier molecular flexibility index (Phi) is 8.33. The Morgan fingerprint density at radius 3 is 2.56 bits per heavy atom. The summed E-state index contributed by atoms with van der Waals surface area (Å²) in [5.74, 6) is 0.597. The number of carbonyl (C=O) groups is 1. The molecule has 6 nitrogen and oxygen atoms in total. The summed E-state index contributed by atoms with van der Waals surface area (Å²) in [6.45, 7) is 8.68. The van der Waals surface area contributed by atoms with Gasteiger partial charge in [0.15, 0.2) is 4.99 Å². The lowest BCUT2D eigenvalue weighted by Crippen LogP contribution is -2.53. The number of thiocarbonyl (C=S) groups is 2. The number of carbonyl (C=O) groups excluding carboxylic acids is 1. The number of nitrogens with zero attached hydrogens (tertiary/aromatic N) is 1. The minimum atomic E-state index is -4.71. The molecule has 0 aliphatic carbocycles. The highest BCUT2D eigenvalue weighted by Crippen LogP contribution is 2.31. The first-order valence-electron chi connectivity index (χ1n) is 10.2. The van der Waals surface area contributed by atoms with Crippen LogP contribution < -0.4 is 15.4 Å². The van der Waals surface area contributed by atoms with Crippen molar-refractivity contribution in [1.82, 2.24) is 10.2 Å². The number of hydrogen-bond donors (Lipinski definition) is 2. The minimum Gasteiger partial charge on any atom is -0.481 e. The van der Waals surface area contributed by atoms with E-state index in [1.165, 1.54) is 4.90 Å². The summed E-state index contributed by atoms with van der Waals surface area (Å²) in [6, 6.07) is 5.21. The lowest BCUT2D eigenvalue weighted by atomic mass is 10.1. The summed E-state index contributed by atoms with van der Waals surface area (Å²) in [5.41, 5.74) is 0.453. The number of fused-ring (bicyclic) bond motifs is 1. The van der Waals surface area contributed by atoms with Crippen molar-refractivity contribution in [3.8, 4) is 5.75 Å². The molecule has 1 aromatic carbocycles. The van der Waals surface area contributed by atoms with Crippen LogP contribution in [0.4, 0.5) is 23.7 Å². The van der Waals surface area contributed by atoms with Gasteiger partial charge in [0.2, 0.25) is 0 Å². The van der Waals surface area contributed by atoms with Crippen LogP contribution in [0.3, 0.4) is 0 Å². The number of anilines is 1. The maximum atomic E-state index is 13.1. The molecular formula is C21H28F3N3O3S2. The highest BCUT2D eigenvalue weighted by Gasteiger charge is 2.38. The van der Waals surface area contributed by atoms with Crippen molar-refractivity contribution in [2.24, 2.45) is 0 Å². The van der Waals surface area contributed by atoms with Crippen molar-refractivity contribution >= 4 is 46.2 Å². The Morgan fingerprint density at radius 1 is 1.34 bits per heavy atom. The zero-order chi connectivity index (χ0) is 24.3. The number of nitrogens with one attached hydrogen (secondary N) is 2. The summed E-state index contributed by atoms with van der Waals surface area (Å²) in [7, 11) is 0. The van der Waals surface area contributed by atoms with Crippen LogP contribution in [0.1, 0.15) is 53.0 Å². The van der Waals surface area contributed by atoms with Gasteiger partial charge in [-0.25, -0.2) is 4.79 Å². The van der Waals surface area contributed by atoms with E-state index in [9.17, 15) is 18.0 Å². The predicted molar refractivity (Wildman–Crippen MR) is 125 cm³/mol. The van der Waals surface area contributed by atoms with Crippen LogP contribution in [0.25, 0.3) is 0 Å². The summed E-state index contributed by atoms with van der Waals surface area (Å²) >= 11 is 9.75. The number of amides is 1. The average molecular weight is 492 g/mol. The molecule has 2 atom stereocenters. The zero-order valence-corrected chi connectivity index (χ0v) is 20.3. The molecule has 1 aromatic rings. The maximum Gasteiger partial charge on any atom is 0.441 e. The number of rotatable bonds is 6. The normalized spacial score (nSPS) is 16.9. The third kappa shape index (κ3) is 7.19. The van der Waals surface area contributed by atoms with Gasteiger partial charge in [0.1, 0.15) is 28.6 Å². The van der Waals surface area contributed by atoms with Crippen LogP contribution >= 0.6 is 24.4 Å². The molecule has 0 bridgehead atoms. The van der Waals surface area contributed by atoms with Crippen LogP contribution in [0.15, 0.2) is 18.2 Å². The quantitative estimate of drug-likeness (QED) is 0.400. The van der Waals surface area contributed by atoms with Crippen LogP contribution in [0.2, 0.25) is 0 Å². The molecule has 0 aromatic heterocycles. The van der Waals surface area contributed by atoms with Crippen molar-refractivity contribution in [2.75, 3.05) is 5.32 Å². The molecule has 1 heterocycles. The van der Waals surface area contributed by atoms with E-state index in [2.05, 4.69) is 22.9 Å². The van der Waals surface area contributed by atoms with Crippen molar-refractivity contribution in [1.29, 1.82) is 0 Å². The highest BCUT2D eigenvalue weighted by atomic mass is 32.1. The van der Waals surface area contributed by atoms with Gasteiger partial charge >= 0.3 is 12.3 Å². The van der Waals surface area contributed by atoms with Crippen LogP contribution in [0, 0.1) is 0 Å². The third-order valence-corrected chi connectivity index (χ3v) is 5.23. The molecule has 2 unspecified atom stereocenters. The second-order valence-corrected chi connectivity index (χ2v) is 9.31. The van der Waals surface area contributed by atoms with Gasteiger partial charge in [-0.1, -0.05) is 43.8 Å². The highest BCUT2D eigenvalue weighted by molar-refractivity contribution is 7.80. The minimum absolute atomic E-state index is 0.00960. The number of hydrogen-bond acceptors (Lipinski definition) is 5. The topological polar surface area (TPSA) is 62.8 Å². The van der Waals surface area contributed by atoms with E-state index in [-0.39, 0.29) is 19.1 Å². The van der Waals surface area contributed by atoms with E-state index in [4.69, 9.17) is 21.7 Å². The van der Waals surface area contributed by atoms with Crippen molar-refractivity contribution in [3.63, 3.8) is 0 Å². The molecule has 1 aliphatic rings. The standard InChI is InChI=1S/C21H28F3N3O3S2/c1-6-7-16(26-18(32)21(22,23)24)27(19(28)30-20(3,4)5)11-13-8-9-15-14(10-13)25-17(31)12(2)29-15/h8-10,12,16H,6-7,11H2,1-5H3,(H,25,31)(H,26,32). The average Bonchev–Trinajstić information content (AvgIpc) is 2.64. The predicted octanol–water partition coefficient (Wildman–Crippen LogP) is 5.55. The molecule has 0 fully saturated rings. The summed E-state index contributed by atoms with van der Waals surface area (Å²) in [4.78, 5) is 13.4. The van der Waals surface area contributed by atoms with Gasteiger partial charge in [0.25, 0.3) is 0 Å². The monoisotopic (exact) mass is 491 g/mol. The largest absolute Gasteiger partial charge is 0.481 e. The summed E-state index contributed by atoms with van der Waals surface area (Å²) < 4.78 is 50.5. The molecule has 2 N–H and O–H groups in total. The number of alkyl halides is 3. The fourth-order valence-corrected chi connectivity index (χ4v) is 3.28. The van der Waals surface area contributed by atoms with Crippen molar-refractivity contribution in [3.05, 3.63) is 23.8 Å². The van der Waals surface area contributed by atoms with Crippen molar-refractivity contribution < 1.29 is 27.4 Å². The molecular weight excluding hydrogens is 463 g/mol. The first-order valence-corrected chi connectivity index (χ1v) is 11.0. The van der Waals surface area contributed by atoms with Crippen molar-refractivity contribution in [2.45, 2.75) is 78.1 Å². The summed E-state index contributed by atoms with van der Waals surface area (Å²) in [5, 5.41) is 5.37. The van der Waals surface area contributed by atoms with Gasteiger partial charge in [0.05, 0.1) is 12.2 Å². The number of halogens is 3. The fraction of sp³-hybridized carbons (Fsp3) is 0.571. The lowest BCUT2D eigenvalue weighted by Gasteiger charge is -2.35. The van der Waals surface area contributed by atoms with E-state index >= 15 is 0 Å². The Bertz CT molecular complexity index is 872. The molecule has 32 heavy (non-hydrogen) atoms. The molecule has 2 rings (SSSR count). The first kappa shape index (κ1) is 26.1.